The molecule has 4 heteroatoms. The van der Waals surface area contributed by atoms with Gasteiger partial charge < -0.3 is 5.73 Å². The second kappa shape index (κ2) is 6.37. The van der Waals surface area contributed by atoms with Gasteiger partial charge >= 0.3 is 0 Å². The third-order valence-corrected chi connectivity index (χ3v) is 3.62. The maximum absolute atomic E-state index is 12.7. The van der Waals surface area contributed by atoms with Crippen LogP contribution >= 0.6 is 12.4 Å². The van der Waals surface area contributed by atoms with Crippen molar-refractivity contribution in [1.29, 1.82) is 0 Å². The molecule has 21 heavy (non-hydrogen) atoms. The molecule has 0 bridgehead atoms. The number of fused-ring (bicyclic) bond motifs is 2. The van der Waals surface area contributed by atoms with Crippen LogP contribution < -0.4 is 5.73 Å². The lowest BCUT2D eigenvalue weighted by Crippen LogP contribution is -2.15. The van der Waals surface area contributed by atoms with Crippen LogP contribution in [0.2, 0.25) is 0 Å². The fraction of sp³-hybridized carbons (Fsp3) is 0.176. The first-order valence-corrected chi connectivity index (χ1v) is 6.61. The first kappa shape index (κ1) is 15.7. The number of hydrogen-bond acceptors (Lipinski definition) is 1. The molecular formula is C17H16ClF2N. The van der Waals surface area contributed by atoms with E-state index >= 15 is 0 Å². The summed E-state index contributed by atoms with van der Waals surface area (Å²) in [5.74, 6) is 0. The van der Waals surface area contributed by atoms with Gasteiger partial charge in [0.05, 0.1) is 0 Å². The van der Waals surface area contributed by atoms with Crippen molar-refractivity contribution in [3.63, 3.8) is 0 Å². The zero-order valence-corrected chi connectivity index (χ0v) is 12.1. The van der Waals surface area contributed by atoms with Gasteiger partial charge in [0.15, 0.2) is 0 Å². The van der Waals surface area contributed by atoms with Crippen molar-refractivity contribution in [1.82, 2.24) is 0 Å². The molecular weight excluding hydrogens is 292 g/mol. The van der Waals surface area contributed by atoms with Gasteiger partial charge in [-0.1, -0.05) is 48.5 Å². The van der Waals surface area contributed by atoms with E-state index in [0.717, 1.165) is 27.1 Å². The molecule has 0 radical (unpaired) electrons. The highest BCUT2D eigenvalue weighted by molar-refractivity contribution is 6.02. The Morgan fingerprint density at radius 3 is 1.81 bits per heavy atom. The molecule has 0 spiro atoms. The van der Waals surface area contributed by atoms with Crippen molar-refractivity contribution in [2.75, 3.05) is 0 Å². The molecule has 0 unspecified atom stereocenters. The van der Waals surface area contributed by atoms with Gasteiger partial charge in [-0.25, -0.2) is 8.78 Å². The van der Waals surface area contributed by atoms with E-state index in [9.17, 15) is 8.78 Å². The lowest BCUT2D eigenvalue weighted by atomic mass is 9.91. The number of benzene rings is 3. The smallest absolute Gasteiger partial charge is 0.240 e. The van der Waals surface area contributed by atoms with Gasteiger partial charge in [0, 0.05) is 12.5 Å². The SMILES string of the molecule is Cl.N[C@@H](CC(F)F)c1c2ccccc2cc2ccccc12. The normalized spacial score (nSPS) is 12.6. The molecule has 3 aromatic carbocycles. The summed E-state index contributed by atoms with van der Waals surface area (Å²) in [6.07, 6.45) is -2.72. The fourth-order valence-electron chi connectivity index (χ4n) is 2.76. The van der Waals surface area contributed by atoms with Gasteiger partial charge in [-0.3, -0.25) is 0 Å². The zero-order valence-electron chi connectivity index (χ0n) is 11.3. The number of rotatable bonds is 3. The van der Waals surface area contributed by atoms with E-state index in [1.165, 1.54) is 0 Å². The molecule has 0 fully saturated rings. The molecule has 0 saturated heterocycles. The van der Waals surface area contributed by atoms with E-state index < -0.39 is 12.5 Å². The maximum Gasteiger partial charge on any atom is 0.240 e. The molecule has 110 valence electrons. The summed E-state index contributed by atoms with van der Waals surface area (Å²) in [6.45, 7) is 0. The molecule has 1 nitrogen and oxygen atoms in total. The molecule has 1 atom stereocenters. The average molecular weight is 308 g/mol. The molecule has 0 saturated carbocycles. The highest BCUT2D eigenvalue weighted by Crippen LogP contribution is 2.33. The van der Waals surface area contributed by atoms with E-state index in [4.69, 9.17) is 5.73 Å². The predicted molar refractivity (Wildman–Crippen MR) is 86.3 cm³/mol. The quantitative estimate of drug-likeness (QED) is 0.672. The summed E-state index contributed by atoms with van der Waals surface area (Å²) in [5, 5.41) is 3.98. The molecule has 0 amide bonds. The molecule has 0 aliphatic heterocycles. The third kappa shape index (κ3) is 2.99. The molecule has 0 heterocycles. The van der Waals surface area contributed by atoms with E-state index in [2.05, 4.69) is 6.07 Å². The van der Waals surface area contributed by atoms with Crippen LogP contribution in [0.1, 0.15) is 18.0 Å². The van der Waals surface area contributed by atoms with Crippen LogP contribution in [0.15, 0.2) is 54.6 Å². The zero-order chi connectivity index (χ0) is 14.1. The topological polar surface area (TPSA) is 26.0 Å². The second-order valence-corrected chi connectivity index (χ2v) is 4.97. The van der Waals surface area contributed by atoms with Gasteiger partial charge in [0.2, 0.25) is 6.43 Å². The third-order valence-electron chi connectivity index (χ3n) is 3.62. The fourth-order valence-corrected chi connectivity index (χ4v) is 2.76. The Morgan fingerprint density at radius 1 is 0.857 bits per heavy atom. The van der Waals surface area contributed by atoms with Crippen molar-refractivity contribution in [2.45, 2.75) is 18.9 Å². The van der Waals surface area contributed by atoms with Crippen LogP contribution in [-0.2, 0) is 0 Å². The van der Waals surface area contributed by atoms with Gasteiger partial charge in [0.25, 0.3) is 0 Å². The van der Waals surface area contributed by atoms with Gasteiger partial charge in [-0.2, -0.15) is 0 Å². The first-order chi connectivity index (χ1) is 9.66. The summed E-state index contributed by atoms with van der Waals surface area (Å²) >= 11 is 0. The number of alkyl halides is 2. The Hall–Kier alpha value is -1.71. The second-order valence-electron chi connectivity index (χ2n) is 4.97. The largest absolute Gasteiger partial charge is 0.324 e. The Labute approximate surface area is 128 Å². The lowest BCUT2D eigenvalue weighted by Gasteiger charge is -2.17. The van der Waals surface area contributed by atoms with Gasteiger partial charge in [0.1, 0.15) is 0 Å². The van der Waals surface area contributed by atoms with Gasteiger partial charge in [-0.15, -0.1) is 12.4 Å². The maximum atomic E-state index is 12.7. The molecule has 0 aromatic heterocycles. The van der Waals surface area contributed by atoms with E-state index in [1.807, 2.05) is 48.5 Å². The van der Waals surface area contributed by atoms with Crippen molar-refractivity contribution in [2.24, 2.45) is 5.73 Å². The minimum Gasteiger partial charge on any atom is -0.324 e. The number of nitrogens with two attached hydrogens (primary N) is 1. The average Bonchev–Trinajstić information content (AvgIpc) is 2.43. The van der Waals surface area contributed by atoms with Crippen LogP contribution in [0.3, 0.4) is 0 Å². The Kier molecular flexibility index (Phi) is 4.76. The number of hydrogen-bond donors (Lipinski definition) is 1. The standard InChI is InChI=1S/C17H15F2N.ClH/c18-16(19)10-15(20)17-13-7-3-1-5-11(13)9-12-6-2-4-8-14(12)17;/h1-9,15-16H,10,20H2;1H/t15-;/m0./s1. The number of halogens is 3. The Balaban J connectivity index is 0.00000161. The van der Waals surface area contributed by atoms with Crippen LogP contribution in [-0.4, -0.2) is 6.43 Å². The summed E-state index contributed by atoms with van der Waals surface area (Å²) in [6, 6.07) is 17.0. The minimum atomic E-state index is -2.40. The predicted octanol–water partition coefficient (Wildman–Crippen LogP) is 5.07. The Bertz CT molecular complexity index is 704. The van der Waals surface area contributed by atoms with Crippen molar-refractivity contribution < 1.29 is 8.78 Å². The minimum absolute atomic E-state index is 0. The van der Waals surface area contributed by atoms with Crippen LogP contribution in [0.4, 0.5) is 8.78 Å². The highest BCUT2D eigenvalue weighted by atomic mass is 35.5. The molecule has 0 aliphatic rings. The summed E-state index contributed by atoms with van der Waals surface area (Å²) in [4.78, 5) is 0. The van der Waals surface area contributed by atoms with Crippen LogP contribution in [0, 0.1) is 0 Å². The molecule has 0 aliphatic carbocycles. The summed E-state index contributed by atoms with van der Waals surface area (Å²) in [5.41, 5.74) is 6.87. The van der Waals surface area contributed by atoms with Crippen molar-refractivity contribution >= 4 is 34.0 Å². The summed E-state index contributed by atoms with van der Waals surface area (Å²) < 4.78 is 25.4. The van der Waals surface area contributed by atoms with Crippen molar-refractivity contribution in [3.8, 4) is 0 Å². The Morgan fingerprint density at radius 2 is 1.33 bits per heavy atom. The van der Waals surface area contributed by atoms with Gasteiger partial charge in [-0.05, 0) is 33.2 Å². The molecule has 3 aromatic rings. The van der Waals surface area contributed by atoms with E-state index in [0.29, 0.717) is 0 Å². The van der Waals surface area contributed by atoms with E-state index in [1.54, 1.807) is 0 Å². The van der Waals surface area contributed by atoms with Crippen molar-refractivity contribution in [3.05, 3.63) is 60.2 Å². The van der Waals surface area contributed by atoms with Crippen LogP contribution in [0.5, 0.6) is 0 Å². The van der Waals surface area contributed by atoms with E-state index in [-0.39, 0.29) is 18.8 Å². The summed E-state index contributed by atoms with van der Waals surface area (Å²) in [7, 11) is 0. The highest BCUT2D eigenvalue weighted by Gasteiger charge is 2.18. The molecule has 3 rings (SSSR count). The van der Waals surface area contributed by atoms with Crippen LogP contribution in [0.25, 0.3) is 21.5 Å². The lowest BCUT2D eigenvalue weighted by molar-refractivity contribution is 0.129. The monoisotopic (exact) mass is 307 g/mol. The molecule has 2 N–H and O–H groups in total. The first-order valence-electron chi connectivity index (χ1n) is 6.61.